The molecule has 1 aliphatic rings. The zero-order chi connectivity index (χ0) is 11.5. The summed E-state index contributed by atoms with van der Waals surface area (Å²) in [4.78, 5) is 0. The van der Waals surface area contributed by atoms with Gasteiger partial charge in [-0.1, -0.05) is 0 Å². The standard InChI is InChI=1S/C9H19O5P/c1-5-13-8-6-7-9(2,14-8)15(10,11-3)12-4/h8H,5-7H2,1-4H3. The van der Waals surface area contributed by atoms with Crippen molar-refractivity contribution in [2.75, 3.05) is 20.8 Å². The molecule has 0 N–H and O–H groups in total. The smallest absolute Gasteiger partial charge is 0.353 e. The fourth-order valence-corrected chi connectivity index (χ4v) is 3.32. The molecule has 1 heterocycles. The Bertz CT molecular complexity index is 249. The minimum absolute atomic E-state index is 0.307. The van der Waals surface area contributed by atoms with Gasteiger partial charge in [0.05, 0.1) is 0 Å². The summed E-state index contributed by atoms with van der Waals surface area (Å²) < 4.78 is 33.0. The fraction of sp³-hybridized carbons (Fsp3) is 1.00. The van der Waals surface area contributed by atoms with E-state index in [1.807, 2.05) is 6.92 Å². The first kappa shape index (κ1) is 13.1. The first-order valence-corrected chi connectivity index (χ1v) is 6.56. The van der Waals surface area contributed by atoms with Crippen molar-refractivity contribution in [3.8, 4) is 0 Å². The molecule has 1 saturated heterocycles. The van der Waals surface area contributed by atoms with Gasteiger partial charge in [0.15, 0.2) is 11.6 Å². The largest absolute Gasteiger partial charge is 0.361 e. The molecular weight excluding hydrogens is 219 g/mol. The molecule has 0 bridgehead atoms. The summed E-state index contributed by atoms with van der Waals surface area (Å²) in [6.45, 7) is 4.20. The molecule has 0 aliphatic carbocycles. The van der Waals surface area contributed by atoms with Crippen LogP contribution < -0.4 is 0 Å². The lowest BCUT2D eigenvalue weighted by atomic mass is 10.2. The number of rotatable bonds is 5. The molecule has 2 atom stereocenters. The summed E-state index contributed by atoms with van der Waals surface area (Å²) in [6, 6.07) is 0. The van der Waals surface area contributed by atoms with Gasteiger partial charge in [-0.25, -0.2) is 0 Å². The van der Waals surface area contributed by atoms with E-state index in [-0.39, 0.29) is 6.29 Å². The Morgan fingerprint density at radius 1 is 1.47 bits per heavy atom. The third-order valence-corrected chi connectivity index (χ3v) is 5.09. The quantitative estimate of drug-likeness (QED) is 0.688. The zero-order valence-electron chi connectivity index (χ0n) is 9.69. The summed E-state index contributed by atoms with van der Waals surface area (Å²) in [5.74, 6) is 0. The molecule has 0 aromatic carbocycles. The van der Waals surface area contributed by atoms with Crippen molar-refractivity contribution in [2.45, 2.75) is 38.3 Å². The first-order valence-electron chi connectivity index (χ1n) is 5.02. The highest BCUT2D eigenvalue weighted by molar-refractivity contribution is 7.55. The van der Waals surface area contributed by atoms with E-state index < -0.39 is 12.9 Å². The normalized spacial score (nSPS) is 32.1. The van der Waals surface area contributed by atoms with E-state index in [2.05, 4.69) is 0 Å². The van der Waals surface area contributed by atoms with Crippen molar-refractivity contribution < 1.29 is 23.1 Å². The molecule has 6 heteroatoms. The van der Waals surface area contributed by atoms with Crippen LogP contribution in [-0.4, -0.2) is 32.5 Å². The minimum Gasteiger partial charge on any atom is -0.353 e. The van der Waals surface area contributed by atoms with Crippen molar-refractivity contribution in [1.29, 1.82) is 0 Å². The van der Waals surface area contributed by atoms with Crippen LogP contribution in [0.2, 0.25) is 0 Å². The summed E-state index contributed by atoms with van der Waals surface area (Å²) in [5, 5.41) is -0.893. The van der Waals surface area contributed by atoms with Crippen LogP contribution in [0.15, 0.2) is 0 Å². The van der Waals surface area contributed by atoms with Crippen LogP contribution in [-0.2, 0) is 23.1 Å². The molecule has 1 fully saturated rings. The van der Waals surface area contributed by atoms with E-state index in [4.69, 9.17) is 18.5 Å². The van der Waals surface area contributed by atoms with Crippen LogP contribution in [0.4, 0.5) is 0 Å². The van der Waals surface area contributed by atoms with Crippen molar-refractivity contribution >= 4 is 7.60 Å². The molecular formula is C9H19O5P. The number of hydrogen-bond donors (Lipinski definition) is 0. The molecule has 1 rings (SSSR count). The maximum absolute atomic E-state index is 12.2. The van der Waals surface area contributed by atoms with Crippen LogP contribution >= 0.6 is 7.60 Å². The zero-order valence-corrected chi connectivity index (χ0v) is 10.6. The van der Waals surface area contributed by atoms with Crippen LogP contribution in [0.25, 0.3) is 0 Å². The van der Waals surface area contributed by atoms with Crippen molar-refractivity contribution in [3.05, 3.63) is 0 Å². The van der Waals surface area contributed by atoms with Crippen LogP contribution in [0.1, 0.15) is 26.7 Å². The Hall–Kier alpha value is 0.0700. The molecule has 15 heavy (non-hydrogen) atoms. The molecule has 0 amide bonds. The number of ether oxygens (including phenoxy) is 2. The average Bonchev–Trinajstić information content (AvgIpc) is 2.61. The summed E-state index contributed by atoms with van der Waals surface area (Å²) in [7, 11) is -0.468. The molecule has 0 spiro atoms. The molecule has 0 saturated carbocycles. The lowest BCUT2D eigenvalue weighted by Crippen LogP contribution is -2.27. The Labute approximate surface area is 90.6 Å². The Balaban J connectivity index is 2.73. The van der Waals surface area contributed by atoms with Gasteiger partial charge in [0.1, 0.15) is 0 Å². The summed E-state index contributed by atoms with van der Waals surface area (Å²) in [5.41, 5.74) is 0. The second kappa shape index (κ2) is 4.93. The highest BCUT2D eigenvalue weighted by Gasteiger charge is 2.52. The predicted octanol–water partition coefficient (Wildman–Crippen LogP) is 2.36. The van der Waals surface area contributed by atoms with E-state index in [0.29, 0.717) is 19.4 Å². The van der Waals surface area contributed by atoms with Gasteiger partial charge < -0.3 is 18.5 Å². The van der Waals surface area contributed by atoms with E-state index in [9.17, 15) is 4.57 Å². The molecule has 90 valence electrons. The van der Waals surface area contributed by atoms with Gasteiger partial charge in [-0.2, -0.15) is 0 Å². The maximum atomic E-state index is 12.2. The molecule has 2 unspecified atom stereocenters. The van der Waals surface area contributed by atoms with E-state index in [1.54, 1.807) is 6.92 Å². The minimum atomic E-state index is -3.20. The van der Waals surface area contributed by atoms with Gasteiger partial charge in [0, 0.05) is 27.2 Å². The van der Waals surface area contributed by atoms with E-state index >= 15 is 0 Å². The Morgan fingerprint density at radius 2 is 2.07 bits per heavy atom. The highest BCUT2D eigenvalue weighted by atomic mass is 31.2. The summed E-state index contributed by atoms with van der Waals surface area (Å²) >= 11 is 0. The SMILES string of the molecule is CCOC1CCC(C)(P(=O)(OC)OC)O1. The molecule has 5 nitrogen and oxygen atoms in total. The third kappa shape index (κ3) is 2.43. The van der Waals surface area contributed by atoms with Crippen LogP contribution in [0, 0.1) is 0 Å². The van der Waals surface area contributed by atoms with Gasteiger partial charge in [-0.05, 0) is 20.3 Å². The number of hydrogen-bond acceptors (Lipinski definition) is 5. The monoisotopic (exact) mass is 238 g/mol. The van der Waals surface area contributed by atoms with Gasteiger partial charge in [0.2, 0.25) is 0 Å². The molecule has 0 aromatic rings. The van der Waals surface area contributed by atoms with Crippen LogP contribution in [0.5, 0.6) is 0 Å². The van der Waals surface area contributed by atoms with Gasteiger partial charge in [-0.15, -0.1) is 0 Å². The summed E-state index contributed by atoms with van der Waals surface area (Å²) in [6.07, 6.45) is 1.01. The Morgan fingerprint density at radius 3 is 2.53 bits per heavy atom. The predicted molar refractivity (Wildman–Crippen MR) is 55.8 cm³/mol. The molecule has 0 aromatic heterocycles. The van der Waals surface area contributed by atoms with Gasteiger partial charge >= 0.3 is 7.60 Å². The fourth-order valence-electron chi connectivity index (χ4n) is 1.75. The van der Waals surface area contributed by atoms with Crippen molar-refractivity contribution in [2.24, 2.45) is 0 Å². The van der Waals surface area contributed by atoms with Crippen LogP contribution in [0.3, 0.4) is 0 Å². The van der Waals surface area contributed by atoms with Crippen molar-refractivity contribution in [3.63, 3.8) is 0 Å². The second-order valence-corrected chi connectivity index (χ2v) is 6.25. The van der Waals surface area contributed by atoms with E-state index in [1.165, 1.54) is 14.2 Å². The van der Waals surface area contributed by atoms with E-state index in [0.717, 1.165) is 0 Å². The maximum Gasteiger partial charge on any atom is 0.361 e. The Kier molecular flexibility index (Phi) is 4.32. The third-order valence-electron chi connectivity index (χ3n) is 2.64. The topological polar surface area (TPSA) is 54.0 Å². The molecule has 0 radical (unpaired) electrons. The first-order chi connectivity index (χ1) is 7.01. The highest BCUT2D eigenvalue weighted by Crippen LogP contribution is 2.63. The molecule has 1 aliphatic heterocycles. The van der Waals surface area contributed by atoms with Gasteiger partial charge in [-0.3, -0.25) is 4.57 Å². The van der Waals surface area contributed by atoms with Crippen molar-refractivity contribution in [1.82, 2.24) is 0 Å². The van der Waals surface area contributed by atoms with Gasteiger partial charge in [0.25, 0.3) is 0 Å². The lowest BCUT2D eigenvalue weighted by Gasteiger charge is -2.30. The lowest BCUT2D eigenvalue weighted by molar-refractivity contribution is -0.143. The average molecular weight is 238 g/mol. The second-order valence-electron chi connectivity index (χ2n) is 3.58.